The Morgan fingerprint density at radius 1 is 1.07 bits per heavy atom. The Bertz CT molecular complexity index is 651. The molecule has 0 radical (unpaired) electrons. The molecule has 0 unspecified atom stereocenters. The van der Waals surface area contributed by atoms with Crippen molar-refractivity contribution in [2.45, 2.75) is 105 Å². The van der Waals surface area contributed by atoms with Gasteiger partial charge >= 0.3 is 0 Å². The highest BCUT2D eigenvalue weighted by atomic mass is 16.3. The summed E-state index contributed by atoms with van der Waals surface area (Å²) in [5, 5.41) is 10.1. The van der Waals surface area contributed by atoms with Gasteiger partial charge in [-0.3, -0.25) is 0 Å². The summed E-state index contributed by atoms with van der Waals surface area (Å²) in [6.07, 6.45) is 18.3. The van der Waals surface area contributed by atoms with Crippen LogP contribution in [-0.2, 0) is 0 Å². The molecule has 0 aromatic carbocycles. The van der Waals surface area contributed by atoms with Crippen LogP contribution in [0.1, 0.15) is 99.3 Å². The normalized spacial score (nSPS) is 36.8. The van der Waals surface area contributed by atoms with Crippen LogP contribution in [0.2, 0.25) is 0 Å². The Kier molecular flexibility index (Phi) is 7.52. The lowest BCUT2D eigenvalue weighted by molar-refractivity contribution is 0.111. The topological polar surface area (TPSA) is 20.2 Å². The van der Waals surface area contributed by atoms with Crippen LogP contribution in [0.5, 0.6) is 0 Å². The minimum Gasteiger partial charge on any atom is -0.393 e. The van der Waals surface area contributed by atoms with E-state index in [1.54, 1.807) is 5.57 Å². The van der Waals surface area contributed by atoms with E-state index in [0.717, 1.165) is 43.4 Å². The molecule has 1 N–H and O–H groups in total. The molecule has 3 aliphatic carbocycles. The van der Waals surface area contributed by atoms with Crippen LogP contribution >= 0.6 is 0 Å². The van der Waals surface area contributed by atoms with Gasteiger partial charge in [-0.15, -0.1) is 0 Å². The third-order valence-electron chi connectivity index (χ3n) is 8.99. The Morgan fingerprint density at radius 2 is 1.83 bits per heavy atom. The Morgan fingerprint density at radius 3 is 2.55 bits per heavy atom. The lowest BCUT2D eigenvalue weighted by atomic mass is 9.61. The van der Waals surface area contributed by atoms with Crippen molar-refractivity contribution in [1.82, 2.24) is 0 Å². The van der Waals surface area contributed by atoms with Gasteiger partial charge < -0.3 is 5.11 Å². The summed E-state index contributed by atoms with van der Waals surface area (Å²) >= 11 is 0. The molecule has 6 atom stereocenters. The van der Waals surface area contributed by atoms with Crippen LogP contribution in [0.3, 0.4) is 0 Å². The monoisotopic (exact) mass is 398 g/mol. The van der Waals surface area contributed by atoms with E-state index in [1.807, 2.05) is 0 Å². The van der Waals surface area contributed by atoms with Crippen molar-refractivity contribution in [3.8, 4) is 0 Å². The van der Waals surface area contributed by atoms with Gasteiger partial charge in [0.25, 0.3) is 0 Å². The molecule has 0 spiro atoms. The summed E-state index contributed by atoms with van der Waals surface area (Å²) in [7, 11) is 0. The molecular formula is C28H46O. The van der Waals surface area contributed by atoms with Crippen molar-refractivity contribution >= 4 is 0 Å². The van der Waals surface area contributed by atoms with Crippen LogP contribution in [0.25, 0.3) is 0 Å². The van der Waals surface area contributed by atoms with E-state index in [4.69, 9.17) is 0 Å². The molecule has 2 fully saturated rings. The second-order valence-corrected chi connectivity index (χ2v) is 11.2. The second-order valence-electron chi connectivity index (χ2n) is 11.2. The highest BCUT2D eigenvalue weighted by Crippen LogP contribution is 2.59. The summed E-state index contributed by atoms with van der Waals surface area (Å²) in [6, 6.07) is 0. The fourth-order valence-corrected chi connectivity index (χ4v) is 6.53. The van der Waals surface area contributed by atoms with Crippen molar-refractivity contribution < 1.29 is 5.11 Å². The maximum absolute atomic E-state index is 10.1. The number of aliphatic hydroxyl groups is 1. The second kappa shape index (κ2) is 9.54. The van der Waals surface area contributed by atoms with Crippen molar-refractivity contribution in [2.75, 3.05) is 0 Å². The smallest absolute Gasteiger partial charge is 0.0580 e. The van der Waals surface area contributed by atoms with E-state index in [0.29, 0.717) is 17.3 Å². The van der Waals surface area contributed by atoms with E-state index in [9.17, 15) is 5.11 Å². The molecule has 0 saturated heterocycles. The van der Waals surface area contributed by atoms with Gasteiger partial charge in [0.2, 0.25) is 0 Å². The molecule has 0 aromatic rings. The van der Waals surface area contributed by atoms with Gasteiger partial charge in [0.1, 0.15) is 0 Å². The summed E-state index contributed by atoms with van der Waals surface area (Å²) in [4.78, 5) is 0. The predicted molar refractivity (Wildman–Crippen MR) is 126 cm³/mol. The molecular weight excluding hydrogens is 352 g/mol. The summed E-state index contributed by atoms with van der Waals surface area (Å²) in [6.45, 7) is 14.4. The minimum atomic E-state index is -0.111. The lowest BCUT2D eigenvalue weighted by Crippen LogP contribution is -2.35. The first kappa shape index (κ1) is 22.9. The molecule has 0 amide bonds. The van der Waals surface area contributed by atoms with Crippen LogP contribution in [-0.4, -0.2) is 11.2 Å². The molecule has 3 aliphatic rings. The highest BCUT2D eigenvalue weighted by Gasteiger charge is 2.50. The SMILES string of the molecule is CC1=C(C/C=C2\CCC[C@]3(C)[C@@H]([C@H](C)/C=C/[C@H](C)C(C)C)CC[C@@H]23)C[C@@H](O)CC1. The number of hydrogen-bond acceptors (Lipinski definition) is 1. The lowest BCUT2D eigenvalue weighted by Gasteiger charge is -2.44. The summed E-state index contributed by atoms with van der Waals surface area (Å²) < 4.78 is 0. The number of hydrogen-bond donors (Lipinski definition) is 1. The number of allylic oxidation sites excluding steroid dienone is 5. The fraction of sp³-hybridized carbons (Fsp3) is 0.786. The standard InChI is InChI=1S/C28H46O/c1-19(2)20(3)9-10-22(5)26-15-16-27-23(8-7-17-28(26,27)6)12-13-24-18-25(29)14-11-21(24)4/h9-10,12,19-20,22,25-27,29H,7-8,11,13-18H2,1-6H3/b10-9+,23-12+/t20-,22+,25-,26+,27-,28+/m0/s1. The predicted octanol–water partition coefficient (Wildman–Crippen LogP) is 7.87. The minimum absolute atomic E-state index is 0.111. The maximum Gasteiger partial charge on any atom is 0.0580 e. The Balaban J connectivity index is 1.71. The molecule has 2 saturated carbocycles. The van der Waals surface area contributed by atoms with Crippen LogP contribution in [0, 0.1) is 35.0 Å². The first-order valence-corrected chi connectivity index (χ1v) is 12.4. The third-order valence-corrected chi connectivity index (χ3v) is 8.99. The van der Waals surface area contributed by atoms with Gasteiger partial charge in [-0.2, -0.15) is 0 Å². The van der Waals surface area contributed by atoms with Gasteiger partial charge in [-0.05, 0) is 99.7 Å². The Labute approximate surface area is 180 Å². The van der Waals surface area contributed by atoms with Crippen LogP contribution in [0.15, 0.2) is 34.9 Å². The molecule has 0 aromatic heterocycles. The van der Waals surface area contributed by atoms with E-state index in [1.165, 1.54) is 43.3 Å². The van der Waals surface area contributed by atoms with Gasteiger partial charge in [0, 0.05) is 0 Å². The molecule has 0 heterocycles. The quantitative estimate of drug-likeness (QED) is 0.451. The molecule has 164 valence electrons. The van der Waals surface area contributed by atoms with Crippen molar-refractivity contribution in [1.29, 1.82) is 0 Å². The summed E-state index contributed by atoms with van der Waals surface area (Å²) in [5.41, 5.74) is 5.27. The molecule has 3 rings (SSSR count). The average molecular weight is 399 g/mol. The fourth-order valence-electron chi connectivity index (χ4n) is 6.53. The average Bonchev–Trinajstić information content (AvgIpc) is 3.04. The first-order chi connectivity index (χ1) is 13.7. The van der Waals surface area contributed by atoms with E-state index in [-0.39, 0.29) is 6.10 Å². The summed E-state index contributed by atoms with van der Waals surface area (Å²) in [5.74, 6) is 3.69. The maximum atomic E-state index is 10.1. The zero-order valence-electron chi connectivity index (χ0n) is 20.0. The van der Waals surface area contributed by atoms with Gasteiger partial charge in [0.05, 0.1) is 6.10 Å². The van der Waals surface area contributed by atoms with Crippen molar-refractivity contribution in [3.05, 3.63) is 34.9 Å². The third kappa shape index (κ3) is 5.09. The van der Waals surface area contributed by atoms with Crippen molar-refractivity contribution in [3.63, 3.8) is 0 Å². The largest absolute Gasteiger partial charge is 0.393 e. The van der Waals surface area contributed by atoms with Crippen molar-refractivity contribution in [2.24, 2.45) is 35.0 Å². The van der Waals surface area contributed by atoms with E-state index in [2.05, 4.69) is 59.8 Å². The van der Waals surface area contributed by atoms with Gasteiger partial charge in [-0.1, -0.05) is 69.6 Å². The number of rotatable bonds is 6. The van der Waals surface area contributed by atoms with Crippen LogP contribution in [0.4, 0.5) is 0 Å². The first-order valence-electron chi connectivity index (χ1n) is 12.4. The zero-order valence-corrected chi connectivity index (χ0v) is 20.0. The van der Waals surface area contributed by atoms with E-state index >= 15 is 0 Å². The molecule has 0 bridgehead atoms. The van der Waals surface area contributed by atoms with E-state index < -0.39 is 0 Å². The van der Waals surface area contributed by atoms with Crippen LogP contribution < -0.4 is 0 Å². The highest BCUT2D eigenvalue weighted by molar-refractivity contribution is 5.25. The molecule has 1 nitrogen and oxygen atoms in total. The number of fused-ring (bicyclic) bond motifs is 1. The number of aliphatic hydroxyl groups excluding tert-OH is 1. The zero-order chi connectivity index (χ0) is 21.2. The Hall–Kier alpha value is -0.820. The molecule has 0 aliphatic heterocycles. The molecule has 29 heavy (non-hydrogen) atoms. The molecule has 1 heteroatoms. The van der Waals surface area contributed by atoms with Gasteiger partial charge in [-0.25, -0.2) is 0 Å². The van der Waals surface area contributed by atoms with Gasteiger partial charge in [0.15, 0.2) is 0 Å².